The van der Waals surface area contributed by atoms with Crippen LogP contribution in [0.15, 0.2) is 66.5 Å². The van der Waals surface area contributed by atoms with Crippen LogP contribution in [0.1, 0.15) is 19.4 Å². The normalized spacial score (nSPS) is 16.7. The van der Waals surface area contributed by atoms with E-state index in [2.05, 4.69) is 52.9 Å². The third-order valence-electron chi connectivity index (χ3n) is 6.15. The molecular formula is C26H32N4O2. The Hall–Kier alpha value is -3.28. The number of carbonyl (C=O) groups is 1. The summed E-state index contributed by atoms with van der Waals surface area (Å²) < 4.78 is 5.27. The van der Waals surface area contributed by atoms with E-state index in [1.54, 1.807) is 7.11 Å². The molecule has 0 bridgehead atoms. The SMILES string of the molecule is COc1ccc(C2=CCN(CC(=O)N3CCN(c4ccccn4)CC3)C(C(C)C)=C2)cc1. The number of rotatable bonds is 6. The van der Waals surface area contributed by atoms with Crippen molar-refractivity contribution in [1.82, 2.24) is 14.8 Å². The Morgan fingerprint density at radius 2 is 1.81 bits per heavy atom. The van der Waals surface area contributed by atoms with Gasteiger partial charge in [-0.1, -0.05) is 38.1 Å². The monoisotopic (exact) mass is 432 g/mol. The molecule has 2 aromatic rings. The molecule has 2 aliphatic heterocycles. The lowest BCUT2D eigenvalue weighted by Crippen LogP contribution is -2.51. The van der Waals surface area contributed by atoms with Crippen molar-refractivity contribution in [1.29, 1.82) is 0 Å². The summed E-state index contributed by atoms with van der Waals surface area (Å²) in [4.78, 5) is 24.0. The number of aromatic nitrogens is 1. The summed E-state index contributed by atoms with van der Waals surface area (Å²) in [7, 11) is 1.68. The molecule has 6 heteroatoms. The molecule has 0 atom stereocenters. The maximum absolute atomic E-state index is 13.1. The molecular weight excluding hydrogens is 400 g/mol. The topological polar surface area (TPSA) is 48.9 Å². The number of amides is 1. The van der Waals surface area contributed by atoms with Gasteiger partial charge in [-0.3, -0.25) is 4.79 Å². The molecule has 3 heterocycles. The largest absolute Gasteiger partial charge is 0.497 e. The van der Waals surface area contributed by atoms with Crippen LogP contribution in [0.25, 0.3) is 5.57 Å². The highest BCUT2D eigenvalue weighted by Gasteiger charge is 2.25. The van der Waals surface area contributed by atoms with Gasteiger partial charge in [-0.15, -0.1) is 0 Å². The molecule has 1 aromatic heterocycles. The zero-order valence-corrected chi connectivity index (χ0v) is 19.2. The summed E-state index contributed by atoms with van der Waals surface area (Å²) in [6, 6.07) is 14.1. The Morgan fingerprint density at radius 1 is 1.06 bits per heavy atom. The third kappa shape index (κ3) is 4.96. The Morgan fingerprint density at radius 3 is 2.44 bits per heavy atom. The lowest BCUT2D eigenvalue weighted by Gasteiger charge is -2.38. The highest BCUT2D eigenvalue weighted by Crippen LogP contribution is 2.28. The van der Waals surface area contributed by atoms with Gasteiger partial charge in [0.05, 0.1) is 13.7 Å². The van der Waals surface area contributed by atoms with Gasteiger partial charge < -0.3 is 19.4 Å². The van der Waals surface area contributed by atoms with Crippen molar-refractivity contribution in [2.75, 3.05) is 51.3 Å². The molecule has 2 aliphatic rings. The second-order valence-electron chi connectivity index (χ2n) is 8.55. The average Bonchev–Trinajstić information content (AvgIpc) is 2.85. The standard InChI is InChI=1S/C26H32N4O2/c1-20(2)24-18-22(21-7-9-23(32-3)10-8-21)11-13-30(24)19-26(31)29-16-14-28(15-17-29)25-6-4-5-12-27-25/h4-12,18,20H,13-17,19H2,1-3H3. The molecule has 1 amide bonds. The van der Waals surface area contributed by atoms with Crippen molar-refractivity contribution in [2.24, 2.45) is 5.92 Å². The zero-order chi connectivity index (χ0) is 22.5. The van der Waals surface area contributed by atoms with Gasteiger partial charge in [-0.05, 0) is 47.4 Å². The van der Waals surface area contributed by atoms with Crippen LogP contribution in [0.3, 0.4) is 0 Å². The second-order valence-corrected chi connectivity index (χ2v) is 8.55. The number of benzene rings is 1. The fraction of sp³-hybridized carbons (Fsp3) is 0.385. The predicted octanol–water partition coefficient (Wildman–Crippen LogP) is 3.68. The quantitative estimate of drug-likeness (QED) is 0.697. The minimum absolute atomic E-state index is 0.193. The van der Waals surface area contributed by atoms with Gasteiger partial charge in [0.25, 0.3) is 0 Å². The van der Waals surface area contributed by atoms with Gasteiger partial charge in [0.1, 0.15) is 11.6 Å². The van der Waals surface area contributed by atoms with Crippen molar-refractivity contribution in [3.63, 3.8) is 0 Å². The van der Waals surface area contributed by atoms with Crippen molar-refractivity contribution >= 4 is 17.3 Å². The first-order valence-electron chi connectivity index (χ1n) is 11.3. The molecule has 0 unspecified atom stereocenters. The number of pyridine rings is 1. The van der Waals surface area contributed by atoms with Crippen LogP contribution in [-0.2, 0) is 4.79 Å². The van der Waals surface area contributed by atoms with E-state index in [0.29, 0.717) is 12.5 Å². The predicted molar refractivity (Wildman–Crippen MR) is 128 cm³/mol. The fourth-order valence-electron chi connectivity index (χ4n) is 4.28. The third-order valence-corrected chi connectivity index (χ3v) is 6.15. The van der Waals surface area contributed by atoms with Crippen LogP contribution < -0.4 is 9.64 Å². The van der Waals surface area contributed by atoms with Crippen LogP contribution in [-0.4, -0.2) is 67.1 Å². The highest BCUT2D eigenvalue weighted by molar-refractivity contribution is 5.80. The summed E-state index contributed by atoms with van der Waals surface area (Å²) in [6.07, 6.45) is 6.25. The highest BCUT2D eigenvalue weighted by atomic mass is 16.5. The number of hydrogen-bond donors (Lipinski definition) is 0. The van der Waals surface area contributed by atoms with Crippen LogP contribution in [0.4, 0.5) is 5.82 Å². The molecule has 1 fully saturated rings. The molecule has 6 nitrogen and oxygen atoms in total. The molecule has 0 saturated carbocycles. The van der Waals surface area contributed by atoms with Crippen LogP contribution in [0.5, 0.6) is 5.75 Å². The second kappa shape index (κ2) is 9.90. The Bertz CT molecular complexity index is 975. The van der Waals surface area contributed by atoms with Crippen LogP contribution >= 0.6 is 0 Å². The number of allylic oxidation sites excluding steroid dienone is 3. The van der Waals surface area contributed by atoms with E-state index in [1.165, 1.54) is 16.8 Å². The fourth-order valence-corrected chi connectivity index (χ4v) is 4.28. The van der Waals surface area contributed by atoms with Crippen molar-refractivity contribution in [3.8, 4) is 5.75 Å². The van der Waals surface area contributed by atoms with Gasteiger partial charge in [0.15, 0.2) is 0 Å². The van der Waals surface area contributed by atoms with E-state index >= 15 is 0 Å². The van der Waals surface area contributed by atoms with Crippen molar-refractivity contribution in [2.45, 2.75) is 13.8 Å². The van der Waals surface area contributed by atoms with E-state index in [4.69, 9.17) is 4.74 Å². The van der Waals surface area contributed by atoms with Crippen molar-refractivity contribution in [3.05, 3.63) is 72.1 Å². The van der Waals surface area contributed by atoms with Gasteiger partial charge in [0.2, 0.25) is 5.91 Å². The molecule has 0 spiro atoms. The van der Waals surface area contributed by atoms with E-state index in [9.17, 15) is 4.79 Å². The maximum atomic E-state index is 13.1. The molecule has 32 heavy (non-hydrogen) atoms. The minimum Gasteiger partial charge on any atom is -0.497 e. The van der Waals surface area contributed by atoms with Gasteiger partial charge in [-0.25, -0.2) is 4.98 Å². The first-order valence-corrected chi connectivity index (χ1v) is 11.3. The Balaban J connectivity index is 1.38. The summed E-state index contributed by atoms with van der Waals surface area (Å²) in [5, 5.41) is 0. The van der Waals surface area contributed by atoms with E-state index < -0.39 is 0 Å². The van der Waals surface area contributed by atoms with Gasteiger partial charge in [0, 0.05) is 44.6 Å². The average molecular weight is 433 g/mol. The number of ether oxygens (including phenoxy) is 1. The van der Waals surface area contributed by atoms with Crippen molar-refractivity contribution < 1.29 is 9.53 Å². The van der Waals surface area contributed by atoms with Crippen LogP contribution in [0, 0.1) is 5.92 Å². The molecule has 168 valence electrons. The molecule has 0 radical (unpaired) electrons. The molecule has 0 N–H and O–H groups in total. The molecule has 1 saturated heterocycles. The van der Waals surface area contributed by atoms with E-state index in [0.717, 1.165) is 44.3 Å². The zero-order valence-electron chi connectivity index (χ0n) is 19.2. The number of anilines is 1. The summed E-state index contributed by atoms with van der Waals surface area (Å²) in [5.41, 5.74) is 3.57. The lowest BCUT2D eigenvalue weighted by atomic mass is 9.97. The summed E-state index contributed by atoms with van der Waals surface area (Å²) >= 11 is 0. The van der Waals surface area contributed by atoms with E-state index in [-0.39, 0.29) is 5.91 Å². The number of nitrogens with zero attached hydrogens (tertiary/aromatic N) is 4. The Labute approximate surface area is 190 Å². The number of hydrogen-bond acceptors (Lipinski definition) is 5. The van der Waals surface area contributed by atoms with Crippen LogP contribution in [0.2, 0.25) is 0 Å². The smallest absolute Gasteiger partial charge is 0.242 e. The van der Waals surface area contributed by atoms with Gasteiger partial charge >= 0.3 is 0 Å². The number of methoxy groups -OCH3 is 1. The number of carbonyl (C=O) groups excluding carboxylic acids is 1. The summed E-state index contributed by atoms with van der Waals surface area (Å²) in [6.45, 7) is 8.63. The first-order chi connectivity index (χ1) is 15.5. The summed E-state index contributed by atoms with van der Waals surface area (Å²) in [5.74, 6) is 2.37. The first kappa shape index (κ1) is 21.9. The maximum Gasteiger partial charge on any atom is 0.242 e. The molecule has 4 rings (SSSR count). The lowest BCUT2D eigenvalue weighted by molar-refractivity contribution is -0.132. The molecule has 1 aromatic carbocycles. The van der Waals surface area contributed by atoms with E-state index in [1.807, 2.05) is 41.4 Å². The minimum atomic E-state index is 0.193. The molecule has 0 aliphatic carbocycles. The Kier molecular flexibility index (Phi) is 6.78. The van der Waals surface area contributed by atoms with Gasteiger partial charge in [-0.2, -0.15) is 0 Å². The number of piperazine rings is 1.